The van der Waals surface area contributed by atoms with E-state index in [1.807, 2.05) is 0 Å². The van der Waals surface area contributed by atoms with Crippen LogP contribution in [0.3, 0.4) is 0 Å². The highest BCUT2D eigenvalue weighted by Crippen LogP contribution is 2.66. The lowest BCUT2D eigenvalue weighted by Gasteiger charge is -2.22. The van der Waals surface area contributed by atoms with Gasteiger partial charge < -0.3 is 0 Å². The maximum absolute atomic E-state index is 6.14. The van der Waals surface area contributed by atoms with Crippen LogP contribution < -0.4 is 0 Å². The molecule has 2 nitrogen and oxygen atoms in total. The van der Waals surface area contributed by atoms with E-state index in [0.717, 1.165) is 6.42 Å². The lowest BCUT2D eigenvalue weighted by Crippen LogP contribution is -2.26. The Morgan fingerprint density at radius 2 is 1.55 bits per heavy atom. The van der Waals surface area contributed by atoms with E-state index in [1.54, 1.807) is 0 Å². The zero-order chi connectivity index (χ0) is 13.8. The van der Waals surface area contributed by atoms with Crippen LogP contribution in [0.4, 0.5) is 0 Å². The fraction of sp³-hybridized carbons (Fsp3) is 0.333. The highest BCUT2D eigenvalue weighted by Gasteiger charge is 2.72. The molecule has 0 aliphatic carbocycles. The summed E-state index contributed by atoms with van der Waals surface area (Å²) < 4.78 is 0. The maximum Gasteiger partial charge on any atom is 0.197 e. The van der Waals surface area contributed by atoms with E-state index in [1.165, 1.54) is 11.1 Å². The molecule has 0 radical (unpaired) electrons. The Bertz CT molecular complexity index is 622. The van der Waals surface area contributed by atoms with Crippen molar-refractivity contribution in [3.8, 4) is 0 Å². The number of hydrogen-bond donors (Lipinski definition) is 0. The number of rotatable bonds is 2. The summed E-state index contributed by atoms with van der Waals surface area (Å²) in [6, 6.07) is 21.4. The number of nitrogens with zero attached hydrogens (tertiary/aromatic N) is 1. The first-order chi connectivity index (χ1) is 9.64. The van der Waals surface area contributed by atoms with Gasteiger partial charge in [0, 0.05) is 17.0 Å². The Hall–Kier alpha value is -1.64. The van der Waals surface area contributed by atoms with Crippen LogP contribution in [0.25, 0.3) is 0 Å². The van der Waals surface area contributed by atoms with Gasteiger partial charge in [-0.3, -0.25) is 4.84 Å². The van der Waals surface area contributed by atoms with Gasteiger partial charge in [-0.25, -0.2) is 0 Å². The Kier molecular flexibility index (Phi) is 2.39. The summed E-state index contributed by atoms with van der Waals surface area (Å²) in [7, 11) is 0. The molecule has 0 N–H and O–H groups in total. The van der Waals surface area contributed by atoms with E-state index in [9.17, 15) is 0 Å². The SMILES string of the molecule is CC1(C)CC(c2ccccc2)C2(c3ccccc3)ON12. The summed E-state index contributed by atoms with van der Waals surface area (Å²) in [5.41, 5.74) is 2.45. The van der Waals surface area contributed by atoms with Crippen LogP contribution in [-0.4, -0.2) is 10.6 Å². The second kappa shape index (κ2) is 3.94. The van der Waals surface area contributed by atoms with Crippen molar-refractivity contribution in [1.82, 2.24) is 5.06 Å². The maximum atomic E-state index is 6.14. The molecular formula is C18H19NO. The topological polar surface area (TPSA) is 15.5 Å². The van der Waals surface area contributed by atoms with Crippen molar-refractivity contribution in [3.05, 3.63) is 71.8 Å². The van der Waals surface area contributed by atoms with E-state index < -0.39 is 0 Å². The summed E-state index contributed by atoms with van der Waals surface area (Å²) in [5, 5.41) is 2.19. The molecule has 2 heteroatoms. The minimum Gasteiger partial charge on any atom is -0.265 e. The third-order valence-corrected chi connectivity index (χ3v) is 4.61. The lowest BCUT2D eigenvalue weighted by molar-refractivity contribution is 0.0680. The quantitative estimate of drug-likeness (QED) is 0.761. The fourth-order valence-corrected chi connectivity index (χ4v) is 3.70. The molecule has 2 aromatic rings. The normalized spacial score (nSPS) is 33.7. The van der Waals surface area contributed by atoms with Gasteiger partial charge >= 0.3 is 0 Å². The Morgan fingerprint density at radius 3 is 2.15 bits per heavy atom. The zero-order valence-electron chi connectivity index (χ0n) is 11.9. The van der Waals surface area contributed by atoms with Crippen LogP contribution in [-0.2, 0) is 10.6 Å². The van der Waals surface area contributed by atoms with E-state index >= 15 is 0 Å². The fourth-order valence-electron chi connectivity index (χ4n) is 3.70. The molecule has 0 aromatic heterocycles. The van der Waals surface area contributed by atoms with Crippen LogP contribution in [0.2, 0.25) is 0 Å². The average molecular weight is 265 g/mol. The second-order valence-electron chi connectivity index (χ2n) is 6.43. The molecule has 2 aliphatic rings. The predicted octanol–water partition coefficient (Wildman–Crippen LogP) is 4.05. The Labute approximate surface area is 119 Å². The molecule has 2 aliphatic heterocycles. The van der Waals surface area contributed by atoms with Crippen LogP contribution in [0.5, 0.6) is 0 Å². The molecule has 2 fully saturated rings. The molecule has 102 valence electrons. The molecule has 0 saturated carbocycles. The number of hydrogen-bond acceptors (Lipinski definition) is 2. The molecule has 2 saturated heterocycles. The summed E-state index contributed by atoms with van der Waals surface area (Å²) >= 11 is 0. The first-order valence-electron chi connectivity index (χ1n) is 7.24. The number of fused-ring (bicyclic) bond motifs is 1. The molecule has 2 aromatic carbocycles. The van der Waals surface area contributed by atoms with Crippen LogP contribution in [0, 0.1) is 0 Å². The molecule has 4 rings (SSSR count). The van der Waals surface area contributed by atoms with Crippen molar-refractivity contribution < 1.29 is 4.84 Å². The van der Waals surface area contributed by atoms with Crippen LogP contribution in [0.15, 0.2) is 60.7 Å². The molecule has 0 bridgehead atoms. The molecule has 2 heterocycles. The molecule has 20 heavy (non-hydrogen) atoms. The van der Waals surface area contributed by atoms with Crippen molar-refractivity contribution in [3.63, 3.8) is 0 Å². The second-order valence-corrected chi connectivity index (χ2v) is 6.43. The minimum atomic E-state index is -0.258. The van der Waals surface area contributed by atoms with E-state index in [2.05, 4.69) is 79.6 Å². The highest BCUT2D eigenvalue weighted by molar-refractivity contribution is 5.37. The van der Waals surface area contributed by atoms with Gasteiger partial charge in [-0.2, -0.15) is 0 Å². The summed E-state index contributed by atoms with van der Waals surface area (Å²) in [6.45, 7) is 4.53. The lowest BCUT2D eigenvalue weighted by atomic mass is 9.83. The standard InChI is InChI=1S/C18H19NO/c1-17(2)13-16(14-9-5-3-6-10-14)18(19(17)20-18)15-11-7-4-8-12-15/h3-12,16H,13H2,1-2H3. The summed E-state index contributed by atoms with van der Waals surface area (Å²) in [4.78, 5) is 6.14. The third kappa shape index (κ3) is 1.52. The largest absolute Gasteiger partial charge is 0.265 e. The average Bonchev–Trinajstić information content (AvgIpc) is 3.20. The van der Waals surface area contributed by atoms with Crippen molar-refractivity contribution in [2.45, 2.75) is 37.5 Å². The van der Waals surface area contributed by atoms with Gasteiger partial charge in [-0.05, 0) is 25.8 Å². The van der Waals surface area contributed by atoms with Gasteiger partial charge in [0.15, 0.2) is 5.72 Å². The molecule has 0 amide bonds. The van der Waals surface area contributed by atoms with Gasteiger partial charge in [0.25, 0.3) is 0 Å². The van der Waals surface area contributed by atoms with Gasteiger partial charge in [-0.1, -0.05) is 60.7 Å². The molecule has 3 atom stereocenters. The highest BCUT2D eigenvalue weighted by atomic mass is 16.9. The van der Waals surface area contributed by atoms with E-state index in [0.29, 0.717) is 5.92 Å². The number of benzene rings is 2. The summed E-state index contributed by atoms with van der Waals surface area (Å²) in [5.74, 6) is 0.390. The van der Waals surface area contributed by atoms with Gasteiger partial charge in [0.2, 0.25) is 0 Å². The van der Waals surface area contributed by atoms with Crippen LogP contribution in [0.1, 0.15) is 37.3 Å². The van der Waals surface area contributed by atoms with Crippen molar-refractivity contribution in [2.75, 3.05) is 0 Å². The van der Waals surface area contributed by atoms with Crippen molar-refractivity contribution >= 4 is 0 Å². The number of hydroxylamine groups is 2. The van der Waals surface area contributed by atoms with E-state index in [-0.39, 0.29) is 11.3 Å². The minimum absolute atomic E-state index is 0.0797. The molecular weight excluding hydrogens is 246 g/mol. The molecule has 0 spiro atoms. The van der Waals surface area contributed by atoms with Crippen molar-refractivity contribution in [1.29, 1.82) is 0 Å². The zero-order valence-corrected chi connectivity index (χ0v) is 11.9. The third-order valence-electron chi connectivity index (χ3n) is 4.61. The van der Waals surface area contributed by atoms with Gasteiger partial charge in [0.05, 0.1) is 0 Å². The van der Waals surface area contributed by atoms with Gasteiger partial charge in [-0.15, -0.1) is 5.06 Å². The smallest absolute Gasteiger partial charge is 0.197 e. The monoisotopic (exact) mass is 265 g/mol. The van der Waals surface area contributed by atoms with Crippen molar-refractivity contribution in [2.24, 2.45) is 0 Å². The Morgan fingerprint density at radius 1 is 0.950 bits per heavy atom. The van der Waals surface area contributed by atoms with Crippen LogP contribution >= 0.6 is 0 Å². The summed E-state index contributed by atoms with van der Waals surface area (Å²) in [6.07, 6.45) is 1.12. The Balaban J connectivity index is 1.83. The van der Waals surface area contributed by atoms with Gasteiger partial charge in [0.1, 0.15) is 0 Å². The molecule has 3 unspecified atom stereocenters. The predicted molar refractivity (Wildman–Crippen MR) is 78.9 cm³/mol. The van der Waals surface area contributed by atoms with E-state index in [4.69, 9.17) is 4.84 Å². The first-order valence-corrected chi connectivity index (χ1v) is 7.24. The first kappa shape index (κ1) is 12.1.